The Bertz CT molecular complexity index is 284. The first-order valence-corrected chi connectivity index (χ1v) is 7.90. The van der Waals surface area contributed by atoms with Gasteiger partial charge in [-0.1, -0.05) is 32.6 Å². The third-order valence-corrected chi connectivity index (χ3v) is 5.16. The molecule has 0 aromatic heterocycles. The Hall–Kier alpha value is -0.410. The number of nitrogens with zero attached hydrogens (tertiary/aromatic N) is 1. The van der Waals surface area contributed by atoms with E-state index in [0.717, 1.165) is 32.5 Å². The van der Waals surface area contributed by atoms with Crippen LogP contribution in [0.2, 0.25) is 0 Å². The Morgan fingerprint density at radius 2 is 1.95 bits per heavy atom. The molecule has 2 atom stereocenters. The van der Waals surface area contributed by atoms with Crippen molar-refractivity contribution in [1.82, 2.24) is 4.90 Å². The molecule has 0 bridgehead atoms. The number of hydrogen-bond donors (Lipinski definition) is 0. The topological polar surface area (TPSA) is 29.5 Å². The maximum Gasteiger partial charge on any atom is 0.127 e. The lowest BCUT2D eigenvalue weighted by Crippen LogP contribution is -2.48. The summed E-state index contributed by atoms with van der Waals surface area (Å²) in [6.45, 7) is 5.33. The van der Waals surface area contributed by atoms with Crippen LogP contribution in [-0.2, 0) is 9.53 Å². The van der Waals surface area contributed by atoms with Crippen molar-refractivity contribution in [1.29, 1.82) is 0 Å². The highest BCUT2D eigenvalue weighted by Gasteiger charge is 2.35. The lowest BCUT2D eigenvalue weighted by atomic mass is 9.80. The van der Waals surface area contributed by atoms with E-state index >= 15 is 0 Å². The van der Waals surface area contributed by atoms with Gasteiger partial charge >= 0.3 is 0 Å². The van der Waals surface area contributed by atoms with Crippen LogP contribution in [0.4, 0.5) is 0 Å². The van der Waals surface area contributed by atoms with Crippen molar-refractivity contribution in [2.24, 2.45) is 11.3 Å². The second-order valence-corrected chi connectivity index (χ2v) is 6.67. The van der Waals surface area contributed by atoms with E-state index in [1.165, 1.54) is 38.4 Å². The van der Waals surface area contributed by atoms with Gasteiger partial charge in [-0.2, -0.15) is 0 Å². The Morgan fingerprint density at radius 1 is 1.26 bits per heavy atom. The molecule has 1 saturated carbocycles. The highest BCUT2D eigenvalue weighted by molar-refractivity contribution is 5.59. The molecule has 110 valence electrons. The van der Waals surface area contributed by atoms with Crippen molar-refractivity contribution in [2.45, 2.75) is 58.0 Å². The normalized spacial score (nSPS) is 32.7. The predicted octanol–water partition coefficient (Wildman–Crippen LogP) is 2.88. The number of methoxy groups -OCH3 is 1. The Morgan fingerprint density at radius 3 is 2.53 bits per heavy atom. The van der Waals surface area contributed by atoms with Crippen LogP contribution in [0.5, 0.6) is 0 Å². The second kappa shape index (κ2) is 6.85. The number of ether oxygens (including phenoxy) is 1. The fraction of sp³-hybridized carbons (Fsp3) is 0.938. The van der Waals surface area contributed by atoms with E-state index in [4.69, 9.17) is 4.74 Å². The van der Waals surface area contributed by atoms with Crippen LogP contribution in [0.1, 0.15) is 51.9 Å². The highest BCUT2D eigenvalue weighted by Crippen LogP contribution is 2.35. The molecule has 0 aromatic rings. The zero-order chi connectivity index (χ0) is 13.7. The van der Waals surface area contributed by atoms with E-state index in [9.17, 15) is 4.79 Å². The van der Waals surface area contributed by atoms with Crippen LogP contribution >= 0.6 is 0 Å². The summed E-state index contributed by atoms with van der Waals surface area (Å²) in [6.07, 6.45) is 9.99. The summed E-state index contributed by atoms with van der Waals surface area (Å²) in [5, 5.41) is 0. The molecule has 0 radical (unpaired) electrons. The monoisotopic (exact) mass is 267 g/mol. The maximum absolute atomic E-state index is 11.7. The fourth-order valence-electron chi connectivity index (χ4n) is 3.74. The van der Waals surface area contributed by atoms with Gasteiger partial charge in [0, 0.05) is 25.6 Å². The molecule has 0 amide bonds. The molecule has 1 aliphatic heterocycles. The average Bonchev–Trinajstić information content (AvgIpc) is 2.67. The van der Waals surface area contributed by atoms with Gasteiger partial charge in [0.15, 0.2) is 0 Å². The van der Waals surface area contributed by atoms with Gasteiger partial charge in [0.05, 0.1) is 6.10 Å². The largest absolute Gasteiger partial charge is 0.380 e. The molecule has 3 heteroatoms. The molecule has 2 aliphatic rings. The van der Waals surface area contributed by atoms with Crippen molar-refractivity contribution < 1.29 is 9.53 Å². The molecule has 19 heavy (non-hydrogen) atoms. The molecule has 0 spiro atoms. The van der Waals surface area contributed by atoms with Gasteiger partial charge in [0.25, 0.3) is 0 Å². The summed E-state index contributed by atoms with van der Waals surface area (Å²) in [6, 6.07) is 0. The van der Waals surface area contributed by atoms with E-state index in [2.05, 4.69) is 11.8 Å². The summed E-state index contributed by atoms with van der Waals surface area (Å²) < 4.78 is 5.58. The van der Waals surface area contributed by atoms with Crippen molar-refractivity contribution in [3.63, 3.8) is 0 Å². The molecule has 3 nitrogen and oxygen atoms in total. The maximum atomic E-state index is 11.7. The number of carbonyl (C=O) groups is 1. The average molecular weight is 267 g/mol. The van der Waals surface area contributed by atoms with Crippen LogP contribution in [-0.4, -0.2) is 44.0 Å². The first kappa shape index (κ1) is 15.0. The minimum Gasteiger partial charge on any atom is -0.380 e. The number of hydrogen-bond acceptors (Lipinski definition) is 3. The van der Waals surface area contributed by atoms with Gasteiger partial charge in [-0.05, 0) is 31.7 Å². The first-order valence-electron chi connectivity index (χ1n) is 7.90. The third-order valence-electron chi connectivity index (χ3n) is 5.16. The zero-order valence-corrected chi connectivity index (χ0v) is 12.6. The molecular formula is C16H29NO2. The number of piperidine rings is 1. The number of rotatable bonds is 4. The lowest BCUT2D eigenvalue weighted by Gasteiger charge is -2.40. The third kappa shape index (κ3) is 3.79. The summed E-state index contributed by atoms with van der Waals surface area (Å²) >= 11 is 0. The van der Waals surface area contributed by atoms with Crippen LogP contribution in [0.3, 0.4) is 0 Å². The van der Waals surface area contributed by atoms with E-state index in [0.29, 0.717) is 12.0 Å². The molecule has 0 aromatic carbocycles. The van der Waals surface area contributed by atoms with Crippen molar-refractivity contribution in [2.75, 3.05) is 26.7 Å². The molecule has 0 N–H and O–H groups in total. The van der Waals surface area contributed by atoms with Gasteiger partial charge in [-0.3, -0.25) is 4.90 Å². The first-order chi connectivity index (χ1) is 9.19. The zero-order valence-electron chi connectivity index (χ0n) is 12.6. The second-order valence-electron chi connectivity index (χ2n) is 6.67. The number of likely N-dealkylation sites (tertiary alicyclic amines) is 1. The van der Waals surface area contributed by atoms with Crippen LogP contribution in [0, 0.1) is 11.3 Å². The highest BCUT2D eigenvalue weighted by atomic mass is 16.5. The smallest absolute Gasteiger partial charge is 0.127 e. The number of aldehydes is 1. The van der Waals surface area contributed by atoms with Gasteiger partial charge in [0.1, 0.15) is 6.29 Å². The fourth-order valence-corrected chi connectivity index (χ4v) is 3.74. The van der Waals surface area contributed by atoms with E-state index in [1.54, 1.807) is 0 Å². The summed E-state index contributed by atoms with van der Waals surface area (Å²) in [4.78, 5) is 14.1. The van der Waals surface area contributed by atoms with E-state index in [1.807, 2.05) is 7.11 Å². The van der Waals surface area contributed by atoms with Crippen LogP contribution < -0.4 is 0 Å². The Balaban J connectivity index is 1.95. The van der Waals surface area contributed by atoms with Crippen molar-refractivity contribution in [3.05, 3.63) is 0 Å². The molecule has 2 rings (SSSR count). The summed E-state index contributed by atoms with van der Waals surface area (Å²) in [5.41, 5.74) is -0.0740. The molecule has 1 aliphatic carbocycles. The van der Waals surface area contributed by atoms with Crippen molar-refractivity contribution in [3.8, 4) is 0 Å². The molecule has 1 heterocycles. The van der Waals surface area contributed by atoms with Gasteiger partial charge in [-0.15, -0.1) is 0 Å². The quantitative estimate of drug-likeness (QED) is 0.579. The SMILES string of the molecule is COC1CN(CC2(C=O)CCCCCC2)CCC1C. The summed E-state index contributed by atoms with van der Waals surface area (Å²) in [7, 11) is 1.81. The van der Waals surface area contributed by atoms with Crippen LogP contribution in [0.15, 0.2) is 0 Å². The lowest BCUT2D eigenvalue weighted by molar-refractivity contribution is -0.119. The van der Waals surface area contributed by atoms with Gasteiger partial charge < -0.3 is 9.53 Å². The molecular weight excluding hydrogens is 238 g/mol. The molecule has 1 saturated heterocycles. The minimum absolute atomic E-state index is 0.0740. The van der Waals surface area contributed by atoms with Gasteiger partial charge in [0.2, 0.25) is 0 Å². The predicted molar refractivity (Wildman–Crippen MR) is 77.2 cm³/mol. The molecule has 2 fully saturated rings. The number of carbonyl (C=O) groups excluding carboxylic acids is 1. The summed E-state index contributed by atoms with van der Waals surface area (Å²) in [5.74, 6) is 0.641. The minimum atomic E-state index is -0.0740. The van der Waals surface area contributed by atoms with Gasteiger partial charge in [-0.25, -0.2) is 0 Å². The molecule has 2 unspecified atom stereocenters. The van der Waals surface area contributed by atoms with E-state index in [-0.39, 0.29) is 5.41 Å². The van der Waals surface area contributed by atoms with Crippen molar-refractivity contribution >= 4 is 6.29 Å². The standard InChI is InChI=1S/C16H29NO2/c1-14-7-10-17(11-15(14)19-2)12-16(13-18)8-5-3-4-6-9-16/h13-15H,3-12H2,1-2H3. The van der Waals surface area contributed by atoms with E-state index < -0.39 is 0 Å². The van der Waals surface area contributed by atoms with Crippen LogP contribution in [0.25, 0.3) is 0 Å². The Labute approximate surface area is 117 Å². The Kier molecular flexibility index (Phi) is 5.40.